The first-order valence-electron chi connectivity index (χ1n) is 12.5. The van der Waals surface area contributed by atoms with E-state index in [1.165, 1.54) is 6.92 Å². The molecular weight excluding hydrogens is 479 g/mol. The third kappa shape index (κ3) is 4.39. The Morgan fingerprint density at radius 3 is 2.51 bits per heavy atom. The Labute approximate surface area is 213 Å². The lowest BCUT2D eigenvalue weighted by Crippen LogP contribution is -2.54. The van der Waals surface area contributed by atoms with E-state index >= 15 is 0 Å². The van der Waals surface area contributed by atoms with E-state index in [9.17, 15) is 13.2 Å². The van der Waals surface area contributed by atoms with E-state index in [1.807, 2.05) is 47.0 Å². The molecule has 7 nitrogen and oxygen atoms in total. The van der Waals surface area contributed by atoms with Gasteiger partial charge in [-0.1, -0.05) is 30.3 Å². The molecule has 4 aromatic rings. The molecule has 5 heterocycles. The van der Waals surface area contributed by atoms with E-state index in [2.05, 4.69) is 39.2 Å². The normalized spacial score (nSPS) is 21.5. The highest BCUT2D eigenvalue weighted by Crippen LogP contribution is 2.39. The van der Waals surface area contributed by atoms with Gasteiger partial charge in [0.05, 0.1) is 5.69 Å². The molecule has 0 amide bonds. The van der Waals surface area contributed by atoms with Crippen LogP contribution >= 0.6 is 0 Å². The zero-order valence-corrected chi connectivity index (χ0v) is 20.6. The van der Waals surface area contributed by atoms with Gasteiger partial charge in [0, 0.05) is 61.4 Å². The Morgan fingerprint density at radius 2 is 1.78 bits per heavy atom. The molecule has 3 aromatic heterocycles. The molecule has 10 heteroatoms. The number of rotatable bonds is 6. The number of likely N-dealkylation sites (tertiary alicyclic amines) is 1. The highest BCUT2D eigenvalue weighted by atomic mass is 19.4. The summed E-state index contributed by atoms with van der Waals surface area (Å²) in [6, 6.07) is 14.4. The number of piperazine rings is 1. The first-order valence-corrected chi connectivity index (χ1v) is 12.5. The van der Waals surface area contributed by atoms with Crippen LogP contribution in [0.25, 0.3) is 16.9 Å². The van der Waals surface area contributed by atoms with Gasteiger partial charge in [-0.3, -0.25) is 9.30 Å². The summed E-state index contributed by atoms with van der Waals surface area (Å²) in [4.78, 5) is 17.7. The highest BCUT2D eigenvalue weighted by molar-refractivity contribution is 5.68. The fraction of sp³-hybridized carbons (Fsp3) is 0.370. The van der Waals surface area contributed by atoms with Crippen LogP contribution in [0.3, 0.4) is 0 Å². The van der Waals surface area contributed by atoms with Gasteiger partial charge in [-0.2, -0.15) is 13.2 Å². The van der Waals surface area contributed by atoms with Crippen LogP contribution in [-0.2, 0) is 0 Å². The topological polar surface area (TPSA) is 61.6 Å². The number of alkyl halides is 3. The lowest BCUT2D eigenvalue weighted by molar-refractivity contribution is -0.181. The summed E-state index contributed by atoms with van der Waals surface area (Å²) in [6.45, 7) is 4.22. The Morgan fingerprint density at radius 1 is 0.973 bits per heavy atom. The smallest absolute Gasteiger partial charge is 0.364 e. The maximum absolute atomic E-state index is 13.4. The molecular formula is C27H28F3N7. The summed E-state index contributed by atoms with van der Waals surface area (Å²) in [5.41, 5.74) is 3.54. The Balaban J connectivity index is 1.28. The third-order valence-corrected chi connectivity index (χ3v) is 7.60. The van der Waals surface area contributed by atoms with Crippen molar-refractivity contribution in [1.82, 2.24) is 24.3 Å². The van der Waals surface area contributed by atoms with Crippen molar-refractivity contribution in [3.63, 3.8) is 0 Å². The van der Waals surface area contributed by atoms with Crippen molar-refractivity contribution in [1.29, 1.82) is 0 Å². The Hall–Kier alpha value is -3.66. The minimum absolute atomic E-state index is 0.0236. The second kappa shape index (κ2) is 9.02. The molecule has 192 valence electrons. The van der Waals surface area contributed by atoms with Crippen molar-refractivity contribution in [2.45, 2.75) is 50.6 Å². The van der Waals surface area contributed by atoms with Crippen molar-refractivity contribution in [2.75, 3.05) is 23.3 Å². The number of hydrogen-bond acceptors (Lipinski definition) is 6. The molecule has 1 unspecified atom stereocenters. The van der Waals surface area contributed by atoms with E-state index in [0.717, 1.165) is 28.3 Å². The fourth-order valence-electron chi connectivity index (χ4n) is 5.58. The first kappa shape index (κ1) is 23.7. The lowest BCUT2D eigenvalue weighted by Gasteiger charge is -2.38. The van der Waals surface area contributed by atoms with Crippen LogP contribution in [0.15, 0.2) is 67.1 Å². The molecule has 2 fully saturated rings. The van der Waals surface area contributed by atoms with E-state index in [0.29, 0.717) is 25.5 Å². The molecule has 2 saturated heterocycles. The van der Waals surface area contributed by atoms with Gasteiger partial charge in [0.1, 0.15) is 17.5 Å². The number of nitrogens with zero attached hydrogens (tertiary/aromatic N) is 6. The maximum atomic E-state index is 13.4. The molecule has 2 bridgehead atoms. The van der Waals surface area contributed by atoms with Gasteiger partial charge < -0.3 is 10.2 Å². The molecule has 6 rings (SSSR count). The third-order valence-electron chi connectivity index (χ3n) is 7.60. The summed E-state index contributed by atoms with van der Waals surface area (Å²) in [6.07, 6.45) is 1.79. The predicted molar refractivity (Wildman–Crippen MR) is 136 cm³/mol. The number of fused-ring (bicyclic) bond motifs is 3. The Bertz CT molecular complexity index is 1400. The minimum atomic E-state index is -4.23. The lowest BCUT2D eigenvalue weighted by atomic mass is 10.1. The van der Waals surface area contributed by atoms with Crippen LogP contribution in [0.1, 0.15) is 31.9 Å². The standard InChI is InChI=1S/C27H28F3N7/c1-17(19-6-4-3-5-7-19)33-24-12-20(8-9-31-24)23-14-25-32-10-11-35(25)26(34-23)37-16-21-13-22(37)15-36(21)18(2)27(28,29)30/h3-12,14,17-18,21-22H,13,15-16H2,1-2H3,(H,31,33)/t17?,18-,21-,22-/m0/s1. The first-order chi connectivity index (χ1) is 17.8. The van der Waals surface area contributed by atoms with E-state index in [1.54, 1.807) is 17.3 Å². The van der Waals surface area contributed by atoms with Gasteiger partial charge in [0.2, 0.25) is 5.95 Å². The van der Waals surface area contributed by atoms with Gasteiger partial charge in [0.15, 0.2) is 0 Å². The highest BCUT2D eigenvalue weighted by Gasteiger charge is 2.51. The number of benzene rings is 1. The van der Waals surface area contributed by atoms with Gasteiger partial charge >= 0.3 is 6.18 Å². The number of anilines is 2. The van der Waals surface area contributed by atoms with Crippen LogP contribution < -0.4 is 10.2 Å². The molecule has 0 radical (unpaired) electrons. The van der Waals surface area contributed by atoms with Gasteiger partial charge in [-0.05, 0) is 38.0 Å². The molecule has 1 aromatic carbocycles. The summed E-state index contributed by atoms with van der Waals surface area (Å²) >= 11 is 0. The number of pyridine rings is 1. The van der Waals surface area contributed by atoms with Crippen LogP contribution in [0.2, 0.25) is 0 Å². The second-order valence-electron chi connectivity index (χ2n) is 9.91. The number of halogens is 3. The zero-order valence-electron chi connectivity index (χ0n) is 20.6. The van der Waals surface area contributed by atoms with Crippen molar-refractivity contribution >= 4 is 17.4 Å². The van der Waals surface area contributed by atoms with Crippen LogP contribution in [-0.4, -0.2) is 61.6 Å². The fourth-order valence-corrected chi connectivity index (χ4v) is 5.58. The van der Waals surface area contributed by atoms with Crippen molar-refractivity contribution in [3.05, 3.63) is 72.7 Å². The molecule has 37 heavy (non-hydrogen) atoms. The minimum Gasteiger partial charge on any atom is -0.364 e. The summed E-state index contributed by atoms with van der Waals surface area (Å²) in [5, 5.41) is 3.45. The largest absolute Gasteiger partial charge is 0.403 e. The number of imidazole rings is 1. The molecule has 1 N–H and O–H groups in total. The van der Waals surface area contributed by atoms with Gasteiger partial charge in [-0.25, -0.2) is 15.0 Å². The molecule has 2 aliphatic heterocycles. The molecule has 0 spiro atoms. The number of nitrogens with one attached hydrogen (secondary N) is 1. The molecule has 0 saturated carbocycles. The summed E-state index contributed by atoms with van der Waals surface area (Å²) in [5.74, 6) is 1.44. The van der Waals surface area contributed by atoms with Gasteiger partial charge in [-0.15, -0.1) is 0 Å². The zero-order chi connectivity index (χ0) is 25.7. The average Bonchev–Trinajstić information content (AvgIpc) is 3.63. The van der Waals surface area contributed by atoms with Crippen molar-refractivity contribution in [2.24, 2.45) is 0 Å². The Kier molecular flexibility index (Phi) is 5.78. The monoisotopic (exact) mass is 507 g/mol. The predicted octanol–water partition coefficient (Wildman–Crippen LogP) is 5.18. The van der Waals surface area contributed by atoms with E-state index in [-0.39, 0.29) is 18.1 Å². The summed E-state index contributed by atoms with van der Waals surface area (Å²) in [7, 11) is 0. The average molecular weight is 508 g/mol. The quantitative estimate of drug-likeness (QED) is 0.388. The molecule has 2 aliphatic rings. The number of hydrogen-bond donors (Lipinski definition) is 1. The van der Waals surface area contributed by atoms with Gasteiger partial charge in [0.25, 0.3) is 0 Å². The van der Waals surface area contributed by atoms with Crippen LogP contribution in [0.5, 0.6) is 0 Å². The molecule has 4 atom stereocenters. The summed E-state index contributed by atoms with van der Waals surface area (Å²) < 4.78 is 42.0. The number of aromatic nitrogens is 4. The van der Waals surface area contributed by atoms with E-state index in [4.69, 9.17) is 4.98 Å². The SMILES string of the molecule is CC(Nc1cc(-c2cc3nccn3c(N3C[C@@H]4C[C@H]3CN4[C@@H](C)C(F)(F)F)n2)ccn1)c1ccccc1. The maximum Gasteiger partial charge on any atom is 0.403 e. The van der Waals surface area contributed by atoms with Crippen LogP contribution in [0.4, 0.5) is 24.9 Å². The van der Waals surface area contributed by atoms with Crippen molar-refractivity contribution < 1.29 is 13.2 Å². The second-order valence-corrected chi connectivity index (χ2v) is 9.91. The van der Waals surface area contributed by atoms with Crippen LogP contribution in [0, 0.1) is 0 Å². The van der Waals surface area contributed by atoms with Crippen molar-refractivity contribution in [3.8, 4) is 11.3 Å². The van der Waals surface area contributed by atoms with E-state index < -0.39 is 12.2 Å². The molecule has 0 aliphatic carbocycles.